The van der Waals surface area contributed by atoms with Crippen molar-refractivity contribution in [2.45, 2.75) is 54.6 Å². The summed E-state index contributed by atoms with van der Waals surface area (Å²) >= 11 is 0. The van der Waals surface area contributed by atoms with Gasteiger partial charge in [-0.2, -0.15) is 18.3 Å². The van der Waals surface area contributed by atoms with Crippen molar-refractivity contribution >= 4 is 53.9 Å². The molecule has 3 heterocycles. The van der Waals surface area contributed by atoms with Gasteiger partial charge in [-0.05, 0) is 48.1 Å². The third kappa shape index (κ3) is 8.22. The first-order chi connectivity index (χ1) is 15.0. The third-order valence-corrected chi connectivity index (χ3v) is 5.93. The summed E-state index contributed by atoms with van der Waals surface area (Å²) in [5.74, 6) is 0.964. The lowest BCUT2D eigenvalue weighted by Crippen LogP contribution is -2.33. The van der Waals surface area contributed by atoms with Gasteiger partial charge in [-0.15, -0.1) is 37.2 Å². The Morgan fingerprint density at radius 2 is 1.53 bits per heavy atom. The number of halogens is 6. The molecule has 0 spiro atoms. The number of fused-ring (bicyclic) bond motifs is 1. The number of aromatic nitrogens is 4. The molecule has 214 valence electrons. The van der Waals surface area contributed by atoms with E-state index >= 15 is 0 Å². The maximum atomic E-state index is 13.1. The first kappa shape index (κ1) is 40.0. The van der Waals surface area contributed by atoms with Gasteiger partial charge >= 0.3 is 6.18 Å². The van der Waals surface area contributed by atoms with Crippen LogP contribution in [0.15, 0.2) is 61.2 Å². The summed E-state index contributed by atoms with van der Waals surface area (Å²) in [6, 6.07) is 11.8. The minimum absolute atomic E-state index is 0. The van der Waals surface area contributed by atoms with Crippen molar-refractivity contribution in [1.29, 1.82) is 0 Å². The number of rotatable bonds is 3. The Bertz CT molecular complexity index is 1210. The van der Waals surface area contributed by atoms with Crippen LogP contribution in [0.2, 0.25) is 0 Å². The highest BCUT2D eigenvalue weighted by molar-refractivity contribution is 5.92. The minimum Gasteiger partial charge on any atom is -0.356 e. The molecular weight excluding hydrogens is 558 g/mol. The van der Waals surface area contributed by atoms with E-state index in [1.807, 2.05) is 18.3 Å². The Kier molecular flexibility index (Phi) is 17.3. The van der Waals surface area contributed by atoms with Crippen molar-refractivity contribution in [2.75, 3.05) is 18.0 Å². The van der Waals surface area contributed by atoms with Crippen LogP contribution in [-0.4, -0.2) is 33.3 Å². The van der Waals surface area contributed by atoms with E-state index in [-0.39, 0.29) is 72.8 Å². The fourth-order valence-electron chi connectivity index (χ4n) is 4.28. The molecule has 0 bridgehead atoms. The Balaban J connectivity index is -0.00000175. The van der Waals surface area contributed by atoms with Gasteiger partial charge in [-0.1, -0.05) is 54.0 Å². The van der Waals surface area contributed by atoms with Crippen LogP contribution in [-0.2, 0) is 6.18 Å². The van der Waals surface area contributed by atoms with Gasteiger partial charge in [0.1, 0.15) is 12.1 Å². The maximum Gasteiger partial charge on any atom is 0.416 e. The summed E-state index contributed by atoms with van der Waals surface area (Å²) < 4.78 is 39.2. The lowest BCUT2D eigenvalue weighted by Gasteiger charge is -2.33. The Labute approximate surface area is 242 Å². The van der Waals surface area contributed by atoms with Crippen LogP contribution < -0.4 is 4.90 Å². The second-order valence-electron chi connectivity index (χ2n) is 7.80. The van der Waals surface area contributed by atoms with E-state index in [0.717, 1.165) is 65.4 Å². The van der Waals surface area contributed by atoms with Gasteiger partial charge in [0.05, 0.1) is 17.3 Å². The van der Waals surface area contributed by atoms with Crippen LogP contribution >= 0.6 is 37.2 Å². The number of anilines is 1. The number of H-pyrrole nitrogens is 1. The summed E-state index contributed by atoms with van der Waals surface area (Å²) in [5, 5.41) is 7.80. The first-order valence-electron chi connectivity index (χ1n) is 10.1. The van der Waals surface area contributed by atoms with Crippen LogP contribution in [0.3, 0.4) is 0 Å². The van der Waals surface area contributed by atoms with Gasteiger partial charge in [0.2, 0.25) is 0 Å². The van der Waals surface area contributed by atoms with Crippen molar-refractivity contribution in [3.8, 4) is 11.1 Å². The van der Waals surface area contributed by atoms with Gasteiger partial charge in [-0.3, -0.25) is 5.10 Å². The standard InChI is InChI=1S/C23H20F3N5.4CH4.3ClH/c24-23(25,26)19-3-1-2-16(10-19)15-6-8-31(9-7-15)22-20-11-17(18-12-29-30-13-18)4-5-21(20)27-14-28-22;;;;;;;/h1-5,10-15H,6-9H2,(H,29,30);4*1H4;3*1H. The average Bonchev–Trinajstić information content (AvgIpc) is 3.33. The number of hydrogen-bond donors (Lipinski definition) is 1. The Morgan fingerprint density at radius 1 is 0.842 bits per heavy atom. The predicted molar refractivity (Wildman–Crippen MR) is 161 cm³/mol. The smallest absolute Gasteiger partial charge is 0.356 e. The maximum absolute atomic E-state index is 13.1. The van der Waals surface area contributed by atoms with Gasteiger partial charge in [0, 0.05) is 30.2 Å². The van der Waals surface area contributed by atoms with Gasteiger partial charge in [0.15, 0.2) is 0 Å². The molecule has 5 nitrogen and oxygen atoms in total. The fraction of sp³-hybridized carbons (Fsp3) is 0.370. The molecule has 5 rings (SSSR count). The normalized spacial score (nSPS) is 12.7. The number of nitrogens with zero attached hydrogens (tertiary/aromatic N) is 4. The van der Waals surface area contributed by atoms with E-state index < -0.39 is 11.7 Å². The van der Waals surface area contributed by atoms with Crippen molar-refractivity contribution in [3.05, 3.63) is 72.3 Å². The SMILES string of the molecule is C.C.C.C.Cl.Cl.Cl.FC(F)(F)c1cccc(C2CCN(c3ncnc4ccc(-c5cn[nH]c5)cc34)CC2)c1. The van der Waals surface area contributed by atoms with Crippen LogP contribution in [0.5, 0.6) is 0 Å². The molecule has 2 aromatic carbocycles. The first-order valence-corrected chi connectivity index (χ1v) is 10.1. The highest BCUT2D eigenvalue weighted by atomic mass is 35.5. The zero-order valence-electron chi connectivity index (χ0n) is 17.8. The zero-order chi connectivity index (χ0) is 21.4. The molecule has 1 aliphatic heterocycles. The molecule has 0 aliphatic carbocycles. The lowest BCUT2D eigenvalue weighted by molar-refractivity contribution is -0.137. The largest absolute Gasteiger partial charge is 0.416 e. The fourth-order valence-corrected chi connectivity index (χ4v) is 4.28. The molecule has 2 aromatic heterocycles. The van der Waals surface area contributed by atoms with Crippen molar-refractivity contribution in [1.82, 2.24) is 20.2 Å². The summed E-state index contributed by atoms with van der Waals surface area (Å²) in [6.45, 7) is 1.45. The van der Waals surface area contributed by atoms with Crippen LogP contribution in [0.4, 0.5) is 19.0 Å². The Hall–Kier alpha value is -2.55. The van der Waals surface area contributed by atoms with Crippen molar-refractivity contribution in [2.24, 2.45) is 0 Å². The lowest BCUT2D eigenvalue weighted by atomic mass is 9.88. The second-order valence-corrected chi connectivity index (χ2v) is 7.80. The molecule has 0 saturated carbocycles. The monoisotopic (exact) mass is 595 g/mol. The molecule has 0 atom stereocenters. The molecular formula is C27H39Cl3F3N5. The zero-order valence-corrected chi connectivity index (χ0v) is 20.3. The summed E-state index contributed by atoms with van der Waals surface area (Å²) in [5.41, 5.74) is 3.04. The molecule has 0 amide bonds. The summed E-state index contributed by atoms with van der Waals surface area (Å²) in [4.78, 5) is 11.1. The quantitative estimate of drug-likeness (QED) is 0.256. The van der Waals surface area contributed by atoms with Crippen LogP contribution in [0, 0.1) is 0 Å². The van der Waals surface area contributed by atoms with E-state index in [4.69, 9.17) is 0 Å². The van der Waals surface area contributed by atoms with Crippen molar-refractivity contribution < 1.29 is 13.2 Å². The molecule has 1 aliphatic rings. The van der Waals surface area contributed by atoms with E-state index in [1.165, 1.54) is 12.1 Å². The van der Waals surface area contributed by atoms with E-state index in [2.05, 4.69) is 31.1 Å². The van der Waals surface area contributed by atoms with E-state index in [1.54, 1.807) is 18.6 Å². The molecule has 4 aromatic rings. The van der Waals surface area contributed by atoms with Gasteiger partial charge in [-0.25, -0.2) is 9.97 Å². The Morgan fingerprint density at radius 3 is 2.13 bits per heavy atom. The van der Waals surface area contributed by atoms with E-state index in [9.17, 15) is 13.2 Å². The van der Waals surface area contributed by atoms with Crippen LogP contribution in [0.1, 0.15) is 59.6 Å². The molecule has 1 fully saturated rings. The number of benzene rings is 2. The van der Waals surface area contributed by atoms with Crippen molar-refractivity contribution in [3.63, 3.8) is 0 Å². The number of alkyl halides is 3. The molecule has 1 N–H and O–H groups in total. The highest BCUT2D eigenvalue weighted by Gasteiger charge is 2.31. The summed E-state index contributed by atoms with van der Waals surface area (Å²) in [7, 11) is 0. The molecule has 38 heavy (non-hydrogen) atoms. The number of piperidine rings is 1. The summed E-state index contributed by atoms with van der Waals surface area (Å²) in [6.07, 6.45) is 2.40. The van der Waals surface area contributed by atoms with Crippen LogP contribution in [0.25, 0.3) is 22.0 Å². The van der Waals surface area contributed by atoms with Gasteiger partial charge < -0.3 is 4.90 Å². The second kappa shape index (κ2) is 16.4. The number of aromatic amines is 1. The highest BCUT2D eigenvalue weighted by Crippen LogP contribution is 2.36. The molecule has 1 saturated heterocycles. The molecule has 0 unspecified atom stereocenters. The molecule has 0 radical (unpaired) electrons. The molecule has 11 heteroatoms. The van der Waals surface area contributed by atoms with E-state index in [0.29, 0.717) is 0 Å². The van der Waals surface area contributed by atoms with Gasteiger partial charge in [0.25, 0.3) is 0 Å². The number of nitrogens with one attached hydrogen (secondary N) is 1. The minimum atomic E-state index is -4.32. The average molecular weight is 597 g/mol. The predicted octanol–water partition coefficient (Wildman–Crippen LogP) is 9.23. The number of hydrogen-bond acceptors (Lipinski definition) is 4. The topological polar surface area (TPSA) is 57.7 Å². The third-order valence-electron chi connectivity index (χ3n) is 5.93.